The number of hydrogen-bond donors (Lipinski definition) is 0. The minimum Gasteiger partial charge on any atom is -0.474 e. The molecule has 1 aromatic rings. The molecule has 5 nitrogen and oxygen atoms in total. The molecule has 0 radical (unpaired) electrons. The molecule has 6 heteroatoms. The van der Waals surface area contributed by atoms with Crippen molar-refractivity contribution in [2.45, 2.75) is 6.92 Å². The van der Waals surface area contributed by atoms with E-state index < -0.39 is 5.78 Å². The smallest absolute Gasteiger partial charge is 0.228 e. The molecule has 1 rings (SSSR count). The molecular formula is C11H13BrN2O3. The van der Waals surface area contributed by atoms with Gasteiger partial charge in [-0.15, -0.1) is 0 Å². The summed E-state index contributed by atoms with van der Waals surface area (Å²) in [6.07, 6.45) is 1.69. The number of Topliss-reactive ketones (excluding diaryl/α,β-unsaturated/α-hetero) is 1. The molecule has 0 saturated carbocycles. The van der Waals surface area contributed by atoms with Gasteiger partial charge in [0.15, 0.2) is 0 Å². The van der Waals surface area contributed by atoms with Crippen LogP contribution >= 0.6 is 15.9 Å². The second kappa shape index (κ2) is 9.75. The van der Waals surface area contributed by atoms with E-state index in [1.165, 1.54) is 13.0 Å². The van der Waals surface area contributed by atoms with E-state index >= 15 is 0 Å². The lowest BCUT2D eigenvalue weighted by Crippen LogP contribution is -2.05. The van der Waals surface area contributed by atoms with Gasteiger partial charge < -0.3 is 9.47 Å². The summed E-state index contributed by atoms with van der Waals surface area (Å²) in [5.41, 5.74) is 0. The van der Waals surface area contributed by atoms with E-state index in [9.17, 15) is 4.79 Å². The Bertz CT molecular complexity index is 391. The summed E-state index contributed by atoms with van der Waals surface area (Å²) in [6, 6.07) is 5.11. The van der Waals surface area contributed by atoms with Gasteiger partial charge in [-0.25, -0.2) is 4.98 Å². The fraction of sp³-hybridized carbons (Fsp3) is 0.364. The van der Waals surface area contributed by atoms with Crippen molar-refractivity contribution in [3.8, 4) is 11.9 Å². The van der Waals surface area contributed by atoms with Gasteiger partial charge in [-0.05, 0) is 28.1 Å². The molecule has 0 aromatic carbocycles. The first kappa shape index (κ1) is 15.6. The van der Waals surface area contributed by atoms with Crippen LogP contribution in [0.2, 0.25) is 0 Å². The molecule has 92 valence electrons. The predicted molar refractivity (Wildman–Crippen MR) is 65.6 cm³/mol. The van der Waals surface area contributed by atoms with E-state index in [0.29, 0.717) is 19.1 Å². The summed E-state index contributed by atoms with van der Waals surface area (Å²) >= 11 is 3.32. The second-order valence-electron chi connectivity index (χ2n) is 2.80. The highest BCUT2D eigenvalue weighted by atomic mass is 79.9. The van der Waals surface area contributed by atoms with Crippen molar-refractivity contribution in [2.24, 2.45) is 0 Å². The standard InChI is InChI=1S/C8H10BrNO2.C3H3NO/c1-11-5-6-12-8-7(9)3-2-4-10-8;1-3(5)2-4/h2-4H,5-6H2,1H3;1H3. The van der Waals surface area contributed by atoms with Crippen molar-refractivity contribution in [3.05, 3.63) is 22.8 Å². The van der Waals surface area contributed by atoms with E-state index in [1.54, 1.807) is 13.3 Å². The van der Waals surface area contributed by atoms with E-state index in [-0.39, 0.29) is 0 Å². The number of nitrogens with zero attached hydrogens (tertiary/aromatic N) is 2. The highest BCUT2D eigenvalue weighted by molar-refractivity contribution is 9.10. The molecule has 0 aliphatic carbocycles. The summed E-state index contributed by atoms with van der Waals surface area (Å²) in [5.74, 6) is 0.166. The molecule has 1 heterocycles. The van der Waals surface area contributed by atoms with Gasteiger partial charge in [0.2, 0.25) is 11.7 Å². The van der Waals surface area contributed by atoms with Crippen molar-refractivity contribution in [1.29, 1.82) is 5.26 Å². The highest BCUT2D eigenvalue weighted by Crippen LogP contribution is 2.20. The Morgan fingerprint density at radius 2 is 2.24 bits per heavy atom. The quantitative estimate of drug-likeness (QED) is 0.628. The molecule has 0 amide bonds. The van der Waals surface area contributed by atoms with Gasteiger partial charge >= 0.3 is 0 Å². The third-order valence-electron chi connectivity index (χ3n) is 1.41. The van der Waals surface area contributed by atoms with E-state index in [0.717, 1.165) is 4.47 Å². The molecule has 0 aliphatic rings. The largest absolute Gasteiger partial charge is 0.474 e. The average molecular weight is 301 g/mol. The number of carbonyl (C=O) groups excluding carboxylic acids is 1. The van der Waals surface area contributed by atoms with Crippen LogP contribution in [0.3, 0.4) is 0 Å². The summed E-state index contributed by atoms with van der Waals surface area (Å²) in [6.45, 7) is 2.31. The average Bonchev–Trinajstić information content (AvgIpc) is 2.32. The molecule has 1 aromatic heterocycles. The number of rotatable bonds is 4. The van der Waals surface area contributed by atoms with Crippen LogP contribution in [0.5, 0.6) is 5.88 Å². The van der Waals surface area contributed by atoms with Crippen LogP contribution in [0.4, 0.5) is 0 Å². The summed E-state index contributed by atoms with van der Waals surface area (Å²) in [5, 5.41) is 7.54. The number of nitriles is 1. The zero-order valence-electron chi connectivity index (χ0n) is 9.64. The van der Waals surface area contributed by atoms with E-state index in [4.69, 9.17) is 14.7 Å². The van der Waals surface area contributed by atoms with Crippen LogP contribution in [-0.4, -0.2) is 31.1 Å². The molecular weight excluding hydrogens is 288 g/mol. The van der Waals surface area contributed by atoms with Crippen LogP contribution in [-0.2, 0) is 9.53 Å². The number of pyridine rings is 1. The van der Waals surface area contributed by atoms with Gasteiger partial charge in [-0.2, -0.15) is 5.26 Å². The van der Waals surface area contributed by atoms with Crippen LogP contribution in [0.1, 0.15) is 6.92 Å². The van der Waals surface area contributed by atoms with Crippen molar-refractivity contribution in [2.75, 3.05) is 20.3 Å². The SMILES string of the molecule is CC(=O)C#N.COCCOc1ncccc1Br. The number of hydrogen-bond acceptors (Lipinski definition) is 5. The fourth-order valence-electron chi connectivity index (χ4n) is 0.699. The Balaban J connectivity index is 0.000000437. The topological polar surface area (TPSA) is 72.2 Å². The van der Waals surface area contributed by atoms with Gasteiger partial charge in [0, 0.05) is 20.2 Å². The number of ether oxygens (including phenoxy) is 2. The monoisotopic (exact) mass is 300 g/mol. The molecule has 0 saturated heterocycles. The fourth-order valence-corrected chi connectivity index (χ4v) is 1.07. The number of methoxy groups -OCH3 is 1. The van der Waals surface area contributed by atoms with Crippen molar-refractivity contribution in [3.63, 3.8) is 0 Å². The molecule has 0 unspecified atom stereocenters. The maximum absolute atomic E-state index is 9.45. The first-order valence-electron chi connectivity index (χ1n) is 4.74. The molecule has 0 atom stereocenters. The van der Waals surface area contributed by atoms with Crippen LogP contribution < -0.4 is 4.74 Å². The van der Waals surface area contributed by atoms with E-state index in [1.807, 2.05) is 12.1 Å². The van der Waals surface area contributed by atoms with Gasteiger partial charge in [-0.3, -0.25) is 4.79 Å². The maximum Gasteiger partial charge on any atom is 0.228 e. The van der Waals surface area contributed by atoms with Crippen molar-refractivity contribution in [1.82, 2.24) is 4.98 Å². The molecule has 0 N–H and O–H groups in total. The zero-order valence-corrected chi connectivity index (χ0v) is 11.2. The minimum absolute atomic E-state index is 0.440. The van der Waals surface area contributed by atoms with Crippen LogP contribution in [0, 0.1) is 11.3 Å². The molecule has 0 aliphatic heterocycles. The maximum atomic E-state index is 9.45. The number of ketones is 1. The highest BCUT2D eigenvalue weighted by Gasteiger charge is 1.99. The number of halogens is 1. The van der Waals surface area contributed by atoms with Gasteiger partial charge in [-0.1, -0.05) is 0 Å². The zero-order chi connectivity index (χ0) is 13.1. The van der Waals surface area contributed by atoms with Gasteiger partial charge in [0.1, 0.15) is 12.7 Å². The lowest BCUT2D eigenvalue weighted by molar-refractivity contribution is -0.112. The Morgan fingerprint density at radius 3 is 2.71 bits per heavy atom. The normalized spacial score (nSPS) is 8.59. The third-order valence-corrected chi connectivity index (χ3v) is 2.01. The molecule has 0 bridgehead atoms. The predicted octanol–water partition coefficient (Wildman–Crippen LogP) is 1.97. The van der Waals surface area contributed by atoms with E-state index in [2.05, 4.69) is 20.9 Å². The Kier molecular flexibility index (Phi) is 8.92. The number of carbonyl (C=O) groups is 1. The van der Waals surface area contributed by atoms with Crippen LogP contribution in [0.25, 0.3) is 0 Å². The minimum atomic E-state index is -0.440. The molecule has 17 heavy (non-hydrogen) atoms. The first-order chi connectivity index (χ1) is 8.11. The van der Waals surface area contributed by atoms with Crippen molar-refractivity contribution < 1.29 is 14.3 Å². The Hall–Kier alpha value is -1.45. The first-order valence-corrected chi connectivity index (χ1v) is 5.54. The third kappa shape index (κ3) is 8.37. The number of aromatic nitrogens is 1. The lowest BCUT2D eigenvalue weighted by Gasteiger charge is -2.04. The summed E-state index contributed by atoms with van der Waals surface area (Å²) in [4.78, 5) is 13.5. The molecule has 0 fully saturated rings. The van der Waals surface area contributed by atoms with Crippen molar-refractivity contribution >= 4 is 21.7 Å². The summed E-state index contributed by atoms with van der Waals surface area (Å²) < 4.78 is 11.0. The lowest BCUT2D eigenvalue weighted by atomic mass is 10.5. The van der Waals surface area contributed by atoms with Gasteiger partial charge in [0.05, 0.1) is 11.1 Å². The Labute approximate surface area is 108 Å². The summed E-state index contributed by atoms with van der Waals surface area (Å²) in [7, 11) is 1.64. The second-order valence-corrected chi connectivity index (χ2v) is 3.65. The molecule has 0 spiro atoms. The van der Waals surface area contributed by atoms with Crippen LogP contribution in [0.15, 0.2) is 22.8 Å². The van der Waals surface area contributed by atoms with Gasteiger partial charge in [0.25, 0.3) is 0 Å². The Morgan fingerprint density at radius 1 is 1.59 bits per heavy atom.